The number of carbonyl (C=O) groups is 1. The molecule has 1 saturated carbocycles. The van der Waals surface area contributed by atoms with Gasteiger partial charge in [0.25, 0.3) is 5.91 Å². The largest absolute Gasteiger partial charge is 0.385 e. The van der Waals surface area contributed by atoms with Gasteiger partial charge in [-0.25, -0.2) is 0 Å². The molecule has 2 aliphatic rings. The van der Waals surface area contributed by atoms with E-state index in [2.05, 4.69) is 17.1 Å². The highest BCUT2D eigenvalue weighted by atomic mass is 16.2. The van der Waals surface area contributed by atoms with Crippen LogP contribution in [0, 0.1) is 11.8 Å². The van der Waals surface area contributed by atoms with Crippen molar-refractivity contribution >= 4 is 11.6 Å². The molecule has 1 aliphatic carbocycles. The highest BCUT2D eigenvalue weighted by Crippen LogP contribution is 2.36. The van der Waals surface area contributed by atoms with Crippen LogP contribution in [-0.2, 0) is 0 Å². The molecule has 0 bridgehead atoms. The second kappa shape index (κ2) is 6.50. The molecule has 1 aromatic carbocycles. The fourth-order valence-electron chi connectivity index (χ4n) is 3.97. The summed E-state index contributed by atoms with van der Waals surface area (Å²) in [5, 5.41) is 3.30. The smallest absolute Gasteiger partial charge is 0.255 e. The number of anilines is 1. The van der Waals surface area contributed by atoms with Gasteiger partial charge in [0.1, 0.15) is 0 Å². The first-order valence-electron chi connectivity index (χ1n) is 8.41. The molecule has 2 unspecified atom stereocenters. The molecule has 21 heavy (non-hydrogen) atoms. The molecule has 2 atom stereocenters. The van der Waals surface area contributed by atoms with E-state index in [1.807, 2.05) is 24.3 Å². The van der Waals surface area contributed by atoms with E-state index < -0.39 is 0 Å². The number of amides is 1. The van der Waals surface area contributed by atoms with E-state index in [4.69, 9.17) is 0 Å². The van der Waals surface area contributed by atoms with Crippen molar-refractivity contribution in [2.24, 2.45) is 11.8 Å². The van der Waals surface area contributed by atoms with E-state index in [1.165, 1.54) is 32.1 Å². The Morgan fingerprint density at radius 1 is 1.19 bits per heavy atom. The zero-order valence-electron chi connectivity index (χ0n) is 13.0. The number of benzene rings is 1. The average Bonchev–Trinajstić information content (AvgIpc) is 2.54. The van der Waals surface area contributed by atoms with E-state index in [9.17, 15) is 4.79 Å². The predicted octanol–water partition coefficient (Wildman–Crippen LogP) is 3.77. The van der Waals surface area contributed by atoms with Crippen molar-refractivity contribution in [2.45, 2.75) is 39.0 Å². The van der Waals surface area contributed by atoms with Crippen LogP contribution in [0.5, 0.6) is 0 Å². The summed E-state index contributed by atoms with van der Waals surface area (Å²) in [6, 6.07) is 7.90. The van der Waals surface area contributed by atoms with Gasteiger partial charge < -0.3 is 10.2 Å². The Bertz CT molecular complexity index is 500. The molecule has 3 heteroatoms. The molecular weight excluding hydrogens is 260 g/mol. The minimum Gasteiger partial charge on any atom is -0.385 e. The first-order chi connectivity index (χ1) is 10.3. The Balaban J connectivity index is 1.73. The third kappa shape index (κ3) is 3.07. The van der Waals surface area contributed by atoms with Crippen molar-refractivity contribution in [1.82, 2.24) is 4.90 Å². The van der Waals surface area contributed by atoms with Crippen molar-refractivity contribution in [2.75, 3.05) is 25.0 Å². The number of rotatable bonds is 3. The second-order valence-corrected chi connectivity index (χ2v) is 6.42. The highest BCUT2D eigenvalue weighted by molar-refractivity contribution is 5.99. The van der Waals surface area contributed by atoms with Gasteiger partial charge >= 0.3 is 0 Å². The Labute approximate surface area is 127 Å². The monoisotopic (exact) mass is 286 g/mol. The molecule has 114 valence electrons. The van der Waals surface area contributed by atoms with Crippen molar-refractivity contribution < 1.29 is 4.79 Å². The van der Waals surface area contributed by atoms with Crippen LogP contribution in [0.3, 0.4) is 0 Å². The summed E-state index contributed by atoms with van der Waals surface area (Å²) in [6.45, 7) is 4.80. The van der Waals surface area contributed by atoms with Gasteiger partial charge in [0.05, 0.1) is 5.56 Å². The summed E-state index contributed by atoms with van der Waals surface area (Å²) in [5.41, 5.74) is 1.80. The Morgan fingerprint density at radius 3 is 2.76 bits per heavy atom. The van der Waals surface area contributed by atoms with Gasteiger partial charge in [0.2, 0.25) is 0 Å². The van der Waals surface area contributed by atoms with Gasteiger partial charge in [0.15, 0.2) is 0 Å². The first kappa shape index (κ1) is 14.4. The van der Waals surface area contributed by atoms with Gasteiger partial charge in [-0.15, -0.1) is 0 Å². The van der Waals surface area contributed by atoms with E-state index in [-0.39, 0.29) is 5.91 Å². The van der Waals surface area contributed by atoms with Crippen molar-refractivity contribution in [3.05, 3.63) is 29.8 Å². The molecule has 2 fully saturated rings. The molecule has 0 spiro atoms. The van der Waals surface area contributed by atoms with Crippen molar-refractivity contribution in [3.8, 4) is 0 Å². The molecule has 3 nitrogen and oxygen atoms in total. The lowest BCUT2D eigenvalue weighted by Crippen LogP contribution is -2.44. The third-order valence-electron chi connectivity index (χ3n) is 5.10. The van der Waals surface area contributed by atoms with E-state index >= 15 is 0 Å². The van der Waals surface area contributed by atoms with Crippen LogP contribution in [0.25, 0.3) is 0 Å². The summed E-state index contributed by atoms with van der Waals surface area (Å²) < 4.78 is 0. The Kier molecular flexibility index (Phi) is 4.47. The zero-order valence-corrected chi connectivity index (χ0v) is 13.0. The summed E-state index contributed by atoms with van der Waals surface area (Å²) in [4.78, 5) is 14.9. The van der Waals surface area contributed by atoms with Crippen LogP contribution < -0.4 is 5.32 Å². The molecule has 1 N–H and O–H groups in total. The molecule has 1 heterocycles. The topological polar surface area (TPSA) is 32.3 Å². The lowest BCUT2D eigenvalue weighted by molar-refractivity contribution is 0.0522. The number of hydrogen-bond donors (Lipinski definition) is 1. The number of piperidine rings is 1. The minimum atomic E-state index is 0.204. The number of nitrogens with one attached hydrogen (secondary N) is 1. The number of hydrogen-bond acceptors (Lipinski definition) is 2. The zero-order chi connectivity index (χ0) is 14.7. The summed E-state index contributed by atoms with van der Waals surface area (Å²) in [5.74, 6) is 1.81. The summed E-state index contributed by atoms with van der Waals surface area (Å²) in [7, 11) is 0. The number of likely N-dealkylation sites (tertiary alicyclic amines) is 1. The first-order valence-corrected chi connectivity index (χ1v) is 8.41. The molecule has 1 aromatic rings. The predicted molar refractivity (Wildman–Crippen MR) is 86.6 cm³/mol. The summed E-state index contributed by atoms with van der Waals surface area (Å²) in [6.07, 6.45) is 6.61. The normalized spacial score (nSPS) is 25.3. The third-order valence-corrected chi connectivity index (χ3v) is 5.10. The molecular formula is C18H26N2O. The molecule has 1 aliphatic heterocycles. The van der Waals surface area contributed by atoms with Gasteiger partial charge in [-0.05, 0) is 43.7 Å². The van der Waals surface area contributed by atoms with Crippen LogP contribution >= 0.6 is 0 Å². The average molecular weight is 286 g/mol. The molecule has 3 rings (SSSR count). The van der Waals surface area contributed by atoms with E-state index in [0.29, 0.717) is 0 Å². The molecule has 1 saturated heterocycles. The SMILES string of the molecule is CCNc1ccccc1C(=O)N1CCC2CCCCC2C1. The minimum absolute atomic E-state index is 0.204. The lowest BCUT2D eigenvalue weighted by atomic mass is 9.75. The van der Waals surface area contributed by atoms with E-state index in [1.54, 1.807) is 0 Å². The van der Waals surface area contributed by atoms with Crippen molar-refractivity contribution in [1.29, 1.82) is 0 Å². The van der Waals surface area contributed by atoms with Gasteiger partial charge in [0, 0.05) is 25.3 Å². The Hall–Kier alpha value is -1.51. The number of fused-ring (bicyclic) bond motifs is 1. The summed E-state index contributed by atoms with van der Waals surface area (Å²) >= 11 is 0. The molecule has 1 amide bonds. The van der Waals surface area contributed by atoms with Crippen LogP contribution in [-0.4, -0.2) is 30.4 Å². The van der Waals surface area contributed by atoms with E-state index in [0.717, 1.165) is 42.7 Å². The van der Waals surface area contributed by atoms with Crippen molar-refractivity contribution in [3.63, 3.8) is 0 Å². The number of para-hydroxylation sites is 1. The van der Waals surface area contributed by atoms with Crippen LogP contribution in [0.15, 0.2) is 24.3 Å². The van der Waals surface area contributed by atoms with Gasteiger partial charge in [-0.2, -0.15) is 0 Å². The highest BCUT2D eigenvalue weighted by Gasteiger charge is 2.33. The Morgan fingerprint density at radius 2 is 1.95 bits per heavy atom. The maximum atomic E-state index is 12.9. The van der Waals surface area contributed by atoms with Crippen LogP contribution in [0.4, 0.5) is 5.69 Å². The number of carbonyl (C=O) groups excluding carboxylic acids is 1. The molecule has 0 aromatic heterocycles. The van der Waals surface area contributed by atoms with Crippen LogP contribution in [0.1, 0.15) is 49.4 Å². The number of nitrogens with zero attached hydrogens (tertiary/aromatic N) is 1. The maximum Gasteiger partial charge on any atom is 0.255 e. The maximum absolute atomic E-state index is 12.9. The lowest BCUT2D eigenvalue weighted by Gasteiger charge is -2.41. The quantitative estimate of drug-likeness (QED) is 0.917. The second-order valence-electron chi connectivity index (χ2n) is 6.42. The van der Waals surface area contributed by atoms with Gasteiger partial charge in [-0.3, -0.25) is 4.79 Å². The standard InChI is InChI=1S/C18H26N2O/c1-2-19-17-10-6-5-9-16(17)18(21)20-12-11-14-7-3-4-8-15(14)13-20/h5-6,9-10,14-15,19H,2-4,7-8,11-13H2,1H3. The fraction of sp³-hybridized carbons (Fsp3) is 0.611. The molecule has 0 radical (unpaired) electrons. The van der Waals surface area contributed by atoms with Crippen LogP contribution in [0.2, 0.25) is 0 Å². The fourth-order valence-corrected chi connectivity index (χ4v) is 3.97. The van der Waals surface area contributed by atoms with Gasteiger partial charge in [-0.1, -0.05) is 31.4 Å².